The van der Waals surface area contributed by atoms with Crippen LogP contribution in [0.3, 0.4) is 0 Å². The number of carbonyl (C=O) groups is 1. The molecule has 1 unspecified atom stereocenters. The number of ether oxygens (including phenoxy) is 1. The summed E-state index contributed by atoms with van der Waals surface area (Å²) < 4.78 is 11.8. The van der Waals surface area contributed by atoms with E-state index in [0.29, 0.717) is 5.12 Å². The second-order valence-electron chi connectivity index (χ2n) is 6.71. The number of thioether (sulfide) groups is 1. The highest BCUT2D eigenvalue weighted by Crippen LogP contribution is 2.14. The lowest BCUT2D eigenvalue weighted by molar-refractivity contribution is -0.111. The lowest BCUT2D eigenvalue weighted by atomic mass is 10.1. The van der Waals surface area contributed by atoms with E-state index in [1.807, 2.05) is 6.92 Å². The summed E-state index contributed by atoms with van der Waals surface area (Å²) in [5.74, 6) is 0.933. The molecule has 0 radical (unpaired) electrons. The average molecular weight is 406 g/mol. The Morgan fingerprint density at radius 3 is 2.38 bits per heavy atom. The molecule has 0 bridgehead atoms. The van der Waals surface area contributed by atoms with Gasteiger partial charge < -0.3 is 14.1 Å². The summed E-state index contributed by atoms with van der Waals surface area (Å²) in [5.41, 5.74) is 0. The standard InChI is InChI=1S/C20H43NO3SSi/c1-5-9-10-11-12-14-20(22)25-17-13-18-26(19-23-8-4)24-16-15-21(6-2)7-3/h26H,5-19H2,1-4H3. The zero-order valence-electron chi connectivity index (χ0n) is 17.8. The van der Waals surface area contributed by atoms with E-state index in [0.717, 1.165) is 70.1 Å². The maximum Gasteiger partial charge on any atom is 0.202 e. The highest BCUT2D eigenvalue weighted by molar-refractivity contribution is 8.13. The van der Waals surface area contributed by atoms with Crippen LogP contribution < -0.4 is 0 Å². The molecule has 0 saturated heterocycles. The van der Waals surface area contributed by atoms with Gasteiger partial charge in [0, 0.05) is 31.9 Å². The van der Waals surface area contributed by atoms with Crippen molar-refractivity contribution in [1.29, 1.82) is 0 Å². The van der Waals surface area contributed by atoms with Crippen LogP contribution in [0.5, 0.6) is 0 Å². The van der Waals surface area contributed by atoms with Gasteiger partial charge in [-0.3, -0.25) is 4.79 Å². The molecular formula is C20H43NO3SSi. The Bertz CT molecular complexity index is 317. The molecule has 0 N–H and O–H groups in total. The van der Waals surface area contributed by atoms with Crippen LogP contribution in [0.25, 0.3) is 0 Å². The predicted octanol–water partition coefficient (Wildman–Crippen LogP) is 4.65. The van der Waals surface area contributed by atoms with Crippen LogP contribution in [-0.2, 0) is 14.0 Å². The third kappa shape index (κ3) is 16.3. The van der Waals surface area contributed by atoms with Gasteiger partial charge in [-0.25, -0.2) is 0 Å². The molecule has 6 heteroatoms. The van der Waals surface area contributed by atoms with Crippen molar-refractivity contribution in [2.24, 2.45) is 0 Å². The number of carbonyl (C=O) groups excluding carboxylic acids is 1. The highest BCUT2D eigenvalue weighted by Gasteiger charge is 2.13. The molecule has 0 amide bonds. The molecule has 0 saturated carbocycles. The van der Waals surface area contributed by atoms with Gasteiger partial charge in [-0.05, 0) is 38.9 Å². The summed E-state index contributed by atoms with van der Waals surface area (Å²) >= 11 is 1.52. The molecule has 1 atom stereocenters. The molecule has 26 heavy (non-hydrogen) atoms. The fourth-order valence-corrected chi connectivity index (χ4v) is 5.94. The van der Waals surface area contributed by atoms with E-state index < -0.39 is 9.04 Å². The minimum Gasteiger partial charge on any atom is -0.416 e. The second-order valence-corrected chi connectivity index (χ2v) is 10.3. The lowest BCUT2D eigenvalue weighted by Gasteiger charge is -2.21. The largest absolute Gasteiger partial charge is 0.416 e. The van der Waals surface area contributed by atoms with Crippen molar-refractivity contribution in [2.45, 2.75) is 78.7 Å². The number of rotatable bonds is 19. The molecule has 0 aliphatic rings. The molecule has 0 aliphatic heterocycles. The van der Waals surface area contributed by atoms with E-state index in [4.69, 9.17) is 9.16 Å². The molecule has 0 aromatic rings. The Kier molecular flexibility index (Phi) is 20.0. The summed E-state index contributed by atoms with van der Waals surface area (Å²) in [6, 6.07) is 1.11. The van der Waals surface area contributed by atoms with E-state index in [9.17, 15) is 4.79 Å². The smallest absolute Gasteiger partial charge is 0.202 e. The lowest BCUT2D eigenvalue weighted by Crippen LogP contribution is -2.32. The Hall–Kier alpha value is 0.117. The van der Waals surface area contributed by atoms with Gasteiger partial charge in [0.1, 0.15) is 0 Å². The van der Waals surface area contributed by atoms with Crippen molar-refractivity contribution in [2.75, 3.05) is 44.8 Å². The van der Waals surface area contributed by atoms with Gasteiger partial charge in [-0.1, -0.05) is 58.2 Å². The van der Waals surface area contributed by atoms with Gasteiger partial charge in [-0.15, -0.1) is 0 Å². The van der Waals surface area contributed by atoms with E-state index >= 15 is 0 Å². The zero-order valence-corrected chi connectivity index (χ0v) is 19.7. The first kappa shape index (κ1) is 26.1. The summed E-state index contributed by atoms with van der Waals surface area (Å²) in [6.07, 6.45) is 8.69. The van der Waals surface area contributed by atoms with Crippen LogP contribution >= 0.6 is 11.8 Å². The van der Waals surface area contributed by atoms with Crippen LogP contribution in [0, 0.1) is 0 Å². The quantitative estimate of drug-likeness (QED) is 0.231. The monoisotopic (exact) mass is 405 g/mol. The Balaban J connectivity index is 3.82. The van der Waals surface area contributed by atoms with Crippen LogP contribution in [0.1, 0.15) is 72.6 Å². The molecule has 156 valence electrons. The molecule has 0 spiro atoms. The minimum absolute atomic E-state index is 0.368. The zero-order chi connectivity index (χ0) is 19.5. The van der Waals surface area contributed by atoms with E-state index in [1.165, 1.54) is 37.4 Å². The fourth-order valence-electron chi connectivity index (χ4n) is 2.79. The third-order valence-corrected chi connectivity index (χ3v) is 7.97. The van der Waals surface area contributed by atoms with Crippen molar-refractivity contribution < 1.29 is 14.0 Å². The third-order valence-electron chi connectivity index (χ3n) is 4.58. The van der Waals surface area contributed by atoms with Crippen LogP contribution in [-0.4, -0.2) is 63.9 Å². The maximum absolute atomic E-state index is 11.9. The van der Waals surface area contributed by atoms with Crippen molar-refractivity contribution >= 4 is 25.9 Å². The molecule has 0 aliphatic carbocycles. The fraction of sp³-hybridized carbons (Fsp3) is 0.950. The average Bonchev–Trinajstić information content (AvgIpc) is 2.65. The SMILES string of the molecule is CCCCCCCC(=O)SCCC[SiH](COCC)OCCN(CC)CC. The summed E-state index contributed by atoms with van der Waals surface area (Å²) in [5, 5.41) is 0.368. The number of hydrogen-bond acceptors (Lipinski definition) is 5. The van der Waals surface area contributed by atoms with Crippen molar-refractivity contribution in [3.63, 3.8) is 0 Å². The molecule has 0 rings (SSSR count). The van der Waals surface area contributed by atoms with Crippen molar-refractivity contribution in [3.05, 3.63) is 0 Å². The molecule has 0 fully saturated rings. The second kappa shape index (κ2) is 19.9. The summed E-state index contributed by atoms with van der Waals surface area (Å²) in [4.78, 5) is 14.3. The Morgan fingerprint density at radius 2 is 1.73 bits per heavy atom. The van der Waals surface area contributed by atoms with Gasteiger partial charge in [0.05, 0.1) is 6.23 Å². The number of hydrogen-bond donors (Lipinski definition) is 0. The van der Waals surface area contributed by atoms with Crippen LogP contribution in [0.4, 0.5) is 0 Å². The van der Waals surface area contributed by atoms with Gasteiger partial charge in [0.2, 0.25) is 9.04 Å². The maximum atomic E-state index is 11.9. The van der Waals surface area contributed by atoms with Gasteiger partial charge in [0.25, 0.3) is 0 Å². The van der Waals surface area contributed by atoms with Gasteiger partial charge in [0.15, 0.2) is 5.12 Å². The van der Waals surface area contributed by atoms with E-state index in [2.05, 4.69) is 25.7 Å². The van der Waals surface area contributed by atoms with Gasteiger partial charge >= 0.3 is 0 Å². The van der Waals surface area contributed by atoms with Gasteiger partial charge in [-0.2, -0.15) is 0 Å². The normalized spacial score (nSPS) is 12.7. The van der Waals surface area contributed by atoms with E-state index in [1.54, 1.807) is 0 Å². The summed E-state index contributed by atoms with van der Waals surface area (Å²) in [6.45, 7) is 13.4. The van der Waals surface area contributed by atoms with E-state index in [-0.39, 0.29) is 0 Å². The van der Waals surface area contributed by atoms with Crippen molar-refractivity contribution in [3.8, 4) is 0 Å². The van der Waals surface area contributed by atoms with Crippen molar-refractivity contribution in [1.82, 2.24) is 4.90 Å². The molecule has 0 aromatic heterocycles. The Labute approximate surface area is 168 Å². The van der Waals surface area contributed by atoms with Crippen LogP contribution in [0.2, 0.25) is 6.04 Å². The van der Waals surface area contributed by atoms with Crippen LogP contribution in [0.15, 0.2) is 0 Å². The highest BCUT2D eigenvalue weighted by atomic mass is 32.2. The number of unbranched alkanes of at least 4 members (excludes halogenated alkanes) is 4. The molecule has 4 nitrogen and oxygen atoms in total. The predicted molar refractivity (Wildman–Crippen MR) is 118 cm³/mol. The molecule has 0 aromatic carbocycles. The summed E-state index contributed by atoms with van der Waals surface area (Å²) in [7, 11) is -1.30. The number of nitrogens with zero attached hydrogens (tertiary/aromatic N) is 1. The number of likely N-dealkylation sites (N-methyl/N-ethyl adjacent to an activating group) is 1. The first-order chi connectivity index (χ1) is 12.7. The topological polar surface area (TPSA) is 38.8 Å². The molecular weight excluding hydrogens is 362 g/mol. The molecule has 0 heterocycles. The first-order valence-corrected chi connectivity index (χ1v) is 13.8. The minimum atomic E-state index is -1.30. The first-order valence-electron chi connectivity index (χ1n) is 10.7. The Morgan fingerprint density at radius 1 is 1.00 bits per heavy atom.